The maximum absolute atomic E-state index is 7.37. The van der Waals surface area contributed by atoms with Crippen LogP contribution in [0, 0.1) is 0 Å². The first-order valence-electron chi connectivity index (χ1n) is 27.1. The number of para-hydroxylation sites is 4. The molecule has 364 valence electrons. The minimum absolute atomic E-state index is 0.184. The molecule has 0 fully saturated rings. The molecule has 6 nitrogen and oxygen atoms in total. The number of hydrogen-bond donors (Lipinski definition) is 0. The maximum atomic E-state index is 7.37. The van der Waals surface area contributed by atoms with Crippen LogP contribution in [0.5, 0.6) is 11.5 Å². The molecule has 0 aliphatic carbocycles. The van der Waals surface area contributed by atoms with Crippen LogP contribution in [0.4, 0.5) is 0 Å². The Kier molecular flexibility index (Phi) is 7.99. The Bertz CT molecular complexity index is 5440. The zero-order valence-electron chi connectivity index (χ0n) is 42.2. The first kappa shape index (κ1) is 41.7. The normalized spacial score (nSPS) is 12.9. The second-order valence-corrected chi connectivity index (χ2v) is 21.5. The van der Waals surface area contributed by atoms with Crippen molar-refractivity contribution in [2.75, 3.05) is 0 Å². The van der Waals surface area contributed by atoms with E-state index in [1.165, 1.54) is 38.0 Å². The molecule has 0 spiro atoms. The molecule has 7 heteroatoms. The molecule has 0 saturated heterocycles. The maximum Gasteiger partial charge on any atom is 0.256 e. The average molecular weight is 1010 g/mol. The van der Waals surface area contributed by atoms with Gasteiger partial charge in [0.15, 0.2) is 0 Å². The van der Waals surface area contributed by atoms with Crippen molar-refractivity contribution < 1.29 is 13.6 Å². The number of ether oxygens (including phenoxy) is 1. The van der Waals surface area contributed by atoms with E-state index in [2.05, 4.69) is 256 Å². The van der Waals surface area contributed by atoms with Crippen LogP contribution in [0.2, 0.25) is 0 Å². The molecule has 12 aromatic carbocycles. The van der Waals surface area contributed by atoms with Crippen molar-refractivity contribution in [3.63, 3.8) is 0 Å². The molecule has 2 aliphatic heterocycles. The zero-order chi connectivity index (χ0) is 51.2. The Hall–Kier alpha value is -10.5. The van der Waals surface area contributed by atoms with Gasteiger partial charge in [-0.25, -0.2) is 0 Å². The quantitative estimate of drug-likeness (QED) is 0.165. The highest BCUT2D eigenvalue weighted by Gasteiger charge is 2.43. The molecule has 0 amide bonds. The van der Waals surface area contributed by atoms with Gasteiger partial charge < -0.3 is 27.3 Å². The average Bonchev–Trinajstić information content (AvgIpc) is 4.17. The molecule has 7 heterocycles. The minimum Gasteiger partial charge on any atom is -0.458 e. The molecule has 0 radical (unpaired) electrons. The Morgan fingerprint density at radius 3 is 1.43 bits per heavy atom. The molecule has 5 aromatic heterocycles. The summed E-state index contributed by atoms with van der Waals surface area (Å²) in [5.74, 6) is 1.71. The molecule has 0 N–H and O–H groups in total. The van der Waals surface area contributed by atoms with Crippen molar-refractivity contribution in [1.82, 2.24) is 13.7 Å². The van der Waals surface area contributed by atoms with Gasteiger partial charge in [-0.1, -0.05) is 152 Å². The van der Waals surface area contributed by atoms with Gasteiger partial charge in [-0.15, -0.1) is 0 Å². The van der Waals surface area contributed by atoms with Crippen molar-refractivity contribution in [3.05, 3.63) is 243 Å². The summed E-state index contributed by atoms with van der Waals surface area (Å²) in [6, 6.07) is 87.9. The highest BCUT2D eigenvalue weighted by Crippen LogP contribution is 2.48. The van der Waals surface area contributed by atoms with Crippen LogP contribution in [0.3, 0.4) is 0 Å². The van der Waals surface area contributed by atoms with E-state index >= 15 is 0 Å². The predicted octanol–water partition coefficient (Wildman–Crippen LogP) is 17.0. The monoisotopic (exact) mass is 1010 g/mol. The summed E-state index contributed by atoms with van der Waals surface area (Å²) >= 11 is 0. The lowest BCUT2D eigenvalue weighted by Gasteiger charge is -2.34. The van der Waals surface area contributed by atoms with E-state index < -0.39 is 0 Å². The number of fused-ring (bicyclic) bond motifs is 21. The third kappa shape index (κ3) is 5.50. The van der Waals surface area contributed by atoms with Gasteiger partial charge in [0.2, 0.25) is 0 Å². The molecule has 17 aromatic rings. The van der Waals surface area contributed by atoms with Crippen LogP contribution in [0.25, 0.3) is 149 Å². The molecule has 2 aliphatic rings. The zero-order valence-corrected chi connectivity index (χ0v) is 42.2. The van der Waals surface area contributed by atoms with E-state index in [-0.39, 0.29) is 6.71 Å². The summed E-state index contributed by atoms with van der Waals surface area (Å²) in [5.41, 5.74) is 21.4. The van der Waals surface area contributed by atoms with E-state index in [1.807, 2.05) is 0 Å². The molecule has 79 heavy (non-hydrogen) atoms. The number of nitrogens with zero attached hydrogens (tertiary/aromatic N) is 3. The fourth-order valence-corrected chi connectivity index (χ4v) is 14.1. The van der Waals surface area contributed by atoms with Gasteiger partial charge >= 0.3 is 0 Å². The second kappa shape index (κ2) is 15.1. The minimum atomic E-state index is -0.184. The highest BCUT2D eigenvalue weighted by molar-refractivity contribution is 6.99. The largest absolute Gasteiger partial charge is 0.458 e. The van der Waals surface area contributed by atoms with Crippen LogP contribution in [0.15, 0.2) is 251 Å². The van der Waals surface area contributed by atoms with Gasteiger partial charge in [0.05, 0.1) is 43.9 Å². The smallest absolute Gasteiger partial charge is 0.256 e. The summed E-state index contributed by atoms with van der Waals surface area (Å²) in [6.07, 6.45) is 0. The molecule has 0 atom stereocenters. The van der Waals surface area contributed by atoms with Crippen molar-refractivity contribution in [2.24, 2.45) is 0 Å². The van der Waals surface area contributed by atoms with Crippen molar-refractivity contribution >= 4 is 132 Å². The molecule has 0 unspecified atom stereocenters. The van der Waals surface area contributed by atoms with E-state index in [0.717, 1.165) is 138 Å². The third-order valence-corrected chi connectivity index (χ3v) is 17.5. The third-order valence-electron chi connectivity index (χ3n) is 17.5. The topological polar surface area (TPSA) is 50.3 Å². The number of benzene rings is 12. The summed E-state index contributed by atoms with van der Waals surface area (Å²) in [6.45, 7) is -0.184. The molecule has 19 rings (SSSR count). The van der Waals surface area contributed by atoms with E-state index in [9.17, 15) is 0 Å². The van der Waals surface area contributed by atoms with Gasteiger partial charge in [0, 0.05) is 60.2 Å². The summed E-state index contributed by atoms with van der Waals surface area (Å²) in [7, 11) is 0. The van der Waals surface area contributed by atoms with E-state index in [4.69, 9.17) is 13.6 Å². The Morgan fingerprint density at radius 1 is 0.304 bits per heavy atom. The Labute approximate surface area is 450 Å². The molecular weight excluding hydrogens is 966 g/mol. The van der Waals surface area contributed by atoms with Crippen LogP contribution < -0.4 is 21.1 Å². The summed E-state index contributed by atoms with van der Waals surface area (Å²) < 4.78 is 29.2. The Morgan fingerprint density at radius 2 is 0.835 bits per heavy atom. The molecule has 0 bridgehead atoms. The lowest BCUT2D eigenvalue weighted by molar-refractivity contribution is 0.487. The predicted molar refractivity (Wildman–Crippen MR) is 326 cm³/mol. The van der Waals surface area contributed by atoms with Crippen LogP contribution >= 0.6 is 0 Å². The second-order valence-electron chi connectivity index (χ2n) is 21.5. The fourth-order valence-electron chi connectivity index (χ4n) is 14.1. The van der Waals surface area contributed by atoms with Crippen LogP contribution in [0.1, 0.15) is 0 Å². The number of furan rings is 2. The van der Waals surface area contributed by atoms with Crippen molar-refractivity contribution in [3.8, 4) is 50.8 Å². The summed E-state index contributed by atoms with van der Waals surface area (Å²) in [5, 5.41) is 11.2. The Balaban J connectivity index is 0.954. The number of rotatable bonds is 4. The van der Waals surface area contributed by atoms with Crippen molar-refractivity contribution in [1.29, 1.82) is 0 Å². The SMILES string of the molecule is c1ccc(-c2ccc3c(c2)B2c4c(cc(-c5ccccc5)cc4-n4c5ccc6c7cc(-n8c9ccccc9c9ccccc98)ccc7oc6c5c5c6oc7ccc(-n8c9ccccc9c9ccccc98)cc7c6cc2c54)O3)cc1. The lowest BCUT2D eigenvalue weighted by atomic mass is 9.34. The van der Waals surface area contributed by atoms with Gasteiger partial charge in [0.1, 0.15) is 33.8 Å². The van der Waals surface area contributed by atoms with Gasteiger partial charge in [-0.3, -0.25) is 0 Å². The first-order chi connectivity index (χ1) is 39.2. The first-order valence-corrected chi connectivity index (χ1v) is 27.1. The standard InChI is InChI=1S/C72H40BN3O3/c1-3-15-41(16-4-1)43-27-32-65-55(35-43)73-56-40-54-53-39-46(75-59-25-13-9-21-49(59)50-22-10-14-26-60(50)75)29-34-64(53)79-72(54)68-67-61(76(70(56)68)62-36-44(37-66(77-65)69(62)73)42-17-5-2-6-18-42)31-30-51-52-38-45(28-33-63(52)78-71(51)67)74-57-23-11-7-19-47(57)48-20-8-12-24-58(48)74/h1-40H. The van der Waals surface area contributed by atoms with E-state index in [0.29, 0.717) is 0 Å². The molecular formula is C72H40BN3O3. The van der Waals surface area contributed by atoms with Crippen LogP contribution in [-0.2, 0) is 0 Å². The number of hydrogen-bond acceptors (Lipinski definition) is 3. The number of aromatic nitrogens is 3. The summed E-state index contributed by atoms with van der Waals surface area (Å²) in [4.78, 5) is 0. The molecule has 0 saturated carbocycles. The lowest BCUT2D eigenvalue weighted by Crippen LogP contribution is -2.58. The van der Waals surface area contributed by atoms with Crippen LogP contribution in [-0.4, -0.2) is 20.4 Å². The highest BCUT2D eigenvalue weighted by atomic mass is 16.5. The van der Waals surface area contributed by atoms with E-state index in [1.54, 1.807) is 0 Å². The van der Waals surface area contributed by atoms with Gasteiger partial charge in [-0.05, 0) is 130 Å². The van der Waals surface area contributed by atoms with Crippen molar-refractivity contribution in [2.45, 2.75) is 0 Å². The fraction of sp³-hybridized carbons (Fsp3) is 0. The van der Waals surface area contributed by atoms with Gasteiger partial charge in [0.25, 0.3) is 6.71 Å². The van der Waals surface area contributed by atoms with Gasteiger partial charge in [-0.2, -0.15) is 0 Å².